The van der Waals surface area contributed by atoms with Gasteiger partial charge in [0.25, 0.3) is 0 Å². The Labute approximate surface area is 126 Å². The van der Waals surface area contributed by atoms with Crippen LogP contribution in [0.3, 0.4) is 0 Å². The molecule has 1 aliphatic carbocycles. The molecule has 1 unspecified atom stereocenters. The molecule has 0 radical (unpaired) electrons. The predicted octanol–water partition coefficient (Wildman–Crippen LogP) is 3.56. The quantitative estimate of drug-likeness (QED) is 0.569. The number of Topliss-reactive ketones (excluding diaryl/α,β-unsaturated/α-hetero) is 2. The minimum atomic E-state index is 0.0630. The fourth-order valence-corrected chi connectivity index (χ4v) is 3.09. The molecule has 1 fully saturated rings. The molecule has 21 heavy (non-hydrogen) atoms. The molecule has 1 aliphatic rings. The van der Waals surface area contributed by atoms with Crippen molar-refractivity contribution in [1.82, 2.24) is 0 Å². The topological polar surface area (TPSA) is 43.4 Å². The summed E-state index contributed by atoms with van der Waals surface area (Å²) in [5.74, 6) is 0.561. The van der Waals surface area contributed by atoms with Crippen LogP contribution in [0, 0.1) is 11.8 Å². The molecule has 0 saturated heterocycles. The Kier molecular flexibility index (Phi) is 6.12. The molecule has 0 aromatic heterocycles. The van der Waals surface area contributed by atoms with Crippen molar-refractivity contribution in [2.45, 2.75) is 45.6 Å². The van der Waals surface area contributed by atoms with Gasteiger partial charge in [-0.2, -0.15) is 0 Å². The summed E-state index contributed by atoms with van der Waals surface area (Å²) in [5.41, 5.74) is 1.17. The van der Waals surface area contributed by atoms with Gasteiger partial charge < -0.3 is 4.74 Å². The normalized spacial score (nSPS) is 22.5. The molecule has 0 aliphatic heterocycles. The van der Waals surface area contributed by atoms with Gasteiger partial charge in [-0.3, -0.25) is 9.59 Å². The lowest BCUT2D eigenvalue weighted by atomic mass is 9.74. The van der Waals surface area contributed by atoms with Gasteiger partial charge in [-0.05, 0) is 24.3 Å². The maximum Gasteiger partial charge on any atom is 0.143 e. The van der Waals surface area contributed by atoms with Crippen LogP contribution in [0.5, 0.6) is 0 Å². The van der Waals surface area contributed by atoms with E-state index in [9.17, 15) is 9.59 Å². The zero-order valence-electron chi connectivity index (χ0n) is 12.7. The molecule has 2 rings (SSSR count). The van der Waals surface area contributed by atoms with Crippen molar-refractivity contribution >= 4 is 11.6 Å². The lowest BCUT2D eigenvalue weighted by molar-refractivity contribution is -0.135. The fourth-order valence-electron chi connectivity index (χ4n) is 3.09. The SMILES string of the molecule is CC[C@H]1CC(=O)CC(=O)C1CCCOCc1ccccc1. The summed E-state index contributed by atoms with van der Waals surface area (Å²) >= 11 is 0. The largest absolute Gasteiger partial charge is 0.377 e. The number of ether oxygens (including phenoxy) is 1. The lowest BCUT2D eigenvalue weighted by Crippen LogP contribution is -2.33. The molecule has 1 aromatic carbocycles. The van der Waals surface area contributed by atoms with Crippen molar-refractivity contribution in [3.63, 3.8) is 0 Å². The Morgan fingerprint density at radius 3 is 2.67 bits per heavy atom. The van der Waals surface area contributed by atoms with Crippen LogP contribution in [0.1, 0.15) is 44.6 Å². The Hall–Kier alpha value is -1.48. The van der Waals surface area contributed by atoms with Crippen LogP contribution in [0.4, 0.5) is 0 Å². The van der Waals surface area contributed by atoms with Crippen molar-refractivity contribution in [1.29, 1.82) is 0 Å². The fraction of sp³-hybridized carbons (Fsp3) is 0.556. The van der Waals surface area contributed by atoms with E-state index in [-0.39, 0.29) is 29.8 Å². The van der Waals surface area contributed by atoms with Crippen molar-refractivity contribution in [2.24, 2.45) is 11.8 Å². The molecule has 3 nitrogen and oxygen atoms in total. The van der Waals surface area contributed by atoms with Crippen LogP contribution >= 0.6 is 0 Å². The van der Waals surface area contributed by atoms with Crippen LogP contribution in [0.25, 0.3) is 0 Å². The van der Waals surface area contributed by atoms with Crippen LogP contribution in [0.15, 0.2) is 30.3 Å². The molecule has 0 N–H and O–H groups in total. The van der Waals surface area contributed by atoms with E-state index in [1.54, 1.807) is 0 Å². The highest BCUT2D eigenvalue weighted by atomic mass is 16.5. The Balaban J connectivity index is 1.70. The summed E-state index contributed by atoms with van der Waals surface area (Å²) < 4.78 is 5.66. The van der Waals surface area contributed by atoms with E-state index >= 15 is 0 Å². The minimum absolute atomic E-state index is 0.0630. The number of carbonyl (C=O) groups is 2. The summed E-state index contributed by atoms with van der Waals surface area (Å²) in [6.07, 6.45) is 3.37. The first-order chi connectivity index (χ1) is 10.2. The first kappa shape index (κ1) is 15.9. The molecule has 0 amide bonds. The molecule has 0 heterocycles. The van der Waals surface area contributed by atoms with Crippen LogP contribution in [-0.4, -0.2) is 18.2 Å². The highest BCUT2D eigenvalue weighted by Gasteiger charge is 2.34. The van der Waals surface area contributed by atoms with E-state index in [0.29, 0.717) is 19.6 Å². The molecule has 3 heteroatoms. The zero-order valence-corrected chi connectivity index (χ0v) is 12.7. The van der Waals surface area contributed by atoms with Gasteiger partial charge >= 0.3 is 0 Å². The lowest BCUT2D eigenvalue weighted by Gasteiger charge is -2.28. The number of hydrogen-bond donors (Lipinski definition) is 0. The highest BCUT2D eigenvalue weighted by Crippen LogP contribution is 2.31. The summed E-state index contributed by atoms with van der Waals surface area (Å²) in [6.45, 7) is 3.35. The second-order valence-electron chi connectivity index (χ2n) is 5.84. The van der Waals surface area contributed by atoms with Gasteiger partial charge in [0.05, 0.1) is 13.0 Å². The third-order valence-corrected chi connectivity index (χ3v) is 4.28. The van der Waals surface area contributed by atoms with Crippen molar-refractivity contribution in [2.75, 3.05) is 6.61 Å². The summed E-state index contributed by atoms with van der Waals surface area (Å²) in [4.78, 5) is 23.5. The van der Waals surface area contributed by atoms with E-state index < -0.39 is 0 Å². The molecule has 0 bridgehead atoms. The van der Waals surface area contributed by atoms with Crippen molar-refractivity contribution in [3.8, 4) is 0 Å². The zero-order chi connectivity index (χ0) is 15.1. The van der Waals surface area contributed by atoms with E-state index in [1.165, 1.54) is 5.56 Å². The van der Waals surface area contributed by atoms with Crippen molar-refractivity contribution < 1.29 is 14.3 Å². The van der Waals surface area contributed by atoms with Crippen LogP contribution < -0.4 is 0 Å². The van der Waals surface area contributed by atoms with E-state index in [1.807, 2.05) is 30.3 Å². The maximum absolute atomic E-state index is 12.0. The third-order valence-electron chi connectivity index (χ3n) is 4.28. The minimum Gasteiger partial charge on any atom is -0.377 e. The summed E-state index contributed by atoms with van der Waals surface area (Å²) in [6, 6.07) is 10.1. The first-order valence-electron chi connectivity index (χ1n) is 7.86. The maximum atomic E-state index is 12.0. The number of ketones is 2. The van der Waals surface area contributed by atoms with E-state index in [4.69, 9.17) is 4.74 Å². The van der Waals surface area contributed by atoms with Gasteiger partial charge in [0, 0.05) is 18.9 Å². The number of carbonyl (C=O) groups excluding carboxylic acids is 2. The van der Waals surface area contributed by atoms with E-state index in [2.05, 4.69) is 6.92 Å². The molecular formula is C18H24O3. The second-order valence-corrected chi connectivity index (χ2v) is 5.84. The molecule has 2 atom stereocenters. The standard InChI is InChI=1S/C18H24O3/c1-2-15-11-16(19)12-18(20)17(15)9-6-10-21-13-14-7-4-3-5-8-14/h3-5,7-8,15,17H,2,6,9-13H2,1H3/t15-,17?/m0/s1. The van der Waals surface area contributed by atoms with Crippen LogP contribution in [-0.2, 0) is 20.9 Å². The number of rotatable bonds is 7. The molecule has 0 spiro atoms. The van der Waals surface area contributed by atoms with Gasteiger partial charge in [-0.1, -0.05) is 43.7 Å². The Morgan fingerprint density at radius 2 is 1.95 bits per heavy atom. The first-order valence-corrected chi connectivity index (χ1v) is 7.86. The molecule has 1 saturated carbocycles. The Bertz CT molecular complexity index is 467. The average molecular weight is 288 g/mol. The smallest absolute Gasteiger partial charge is 0.143 e. The molecular weight excluding hydrogens is 264 g/mol. The van der Waals surface area contributed by atoms with Crippen molar-refractivity contribution in [3.05, 3.63) is 35.9 Å². The van der Waals surface area contributed by atoms with Gasteiger partial charge in [-0.25, -0.2) is 0 Å². The van der Waals surface area contributed by atoms with E-state index in [0.717, 1.165) is 19.3 Å². The second kappa shape index (κ2) is 8.08. The molecule has 114 valence electrons. The summed E-state index contributed by atoms with van der Waals surface area (Å²) in [5, 5.41) is 0. The molecule has 1 aromatic rings. The monoisotopic (exact) mass is 288 g/mol. The number of benzene rings is 1. The van der Waals surface area contributed by atoms with Gasteiger partial charge in [0.1, 0.15) is 11.6 Å². The number of hydrogen-bond acceptors (Lipinski definition) is 3. The predicted molar refractivity (Wildman–Crippen MR) is 81.9 cm³/mol. The Morgan fingerprint density at radius 1 is 1.19 bits per heavy atom. The summed E-state index contributed by atoms with van der Waals surface area (Å²) in [7, 11) is 0. The third kappa shape index (κ3) is 4.78. The van der Waals surface area contributed by atoms with Gasteiger partial charge in [0.15, 0.2) is 0 Å². The highest BCUT2D eigenvalue weighted by molar-refractivity contribution is 6.02. The van der Waals surface area contributed by atoms with Crippen LogP contribution in [0.2, 0.25) is 0 Å². The van der Waals surface area contributed by atoms with Gasteiger partial charge in [0.2, 0.25) is 0 Å². The average Bonchev–Trinajstić information content (AvgIpc) is 2.49. The van der Waals surface area contributed by atoms with Gasteiger partial charge in [-0.15, -0.1) is 0 Å².